The van der Waals surface area contributed by atoms with Gasteiger partial charge >= 0.3 is 0 Å². The fourth-order valence-electron chi connectivity index (χ4n) is 1.54. The second-order valence-electron chi connectivity index (χ2n) is 4.06. The maximum Gasteiger partial charge on any atom is 0.191 e. The molecule has 0 aliphatic carbocycles. The molecule has 0 aromatic carbocycles. The summed E-state index contributed by atoms with van der Waals surface area (Å²) in [4.78, 5) is 15.6. The van der Waals surface area contributed by atoms with E-state index in [1.54, 1.807) is 12.5 Å². The Kier molecular flexibility index (Phi) is 5.09. The summed E-state index contributed by atoms with van der Waals surface area (Å²) in [5, 5.41) is 8.73. The first-order valence-corrected chi connectivity index (χ1v) is 7.20. The Hall–Kier alpha value is -1.69. The predicted molar refractivity (Wildman–Crippen MR) is 74.0 cm³/mol. The number of rotatable bonds is 7. The van der Waals surface area contributed by atoms with Crippen LogP contribution in [0.4, 0.5) is 0 Å². The van der Waals surface area contributed by atoms with Gasteiger partial charge in [0.2, 0.25) is 0 Å². The second-order valence-corrected chi connectivity index (χ2v) is 5.00. The fraction of sp³-hybridized carbons (Fsp3) is 0.385. The molecule has 0 saturated carbocycles. The molecule has 0 bridgehead atoms. The van der Waals surface area contributed by atoms with Crippen molar-refractivity contribution in [3.8, 4) is 0 Å². The highest BCUT2D eigenvalue weighted by Crippen LogP contribution is 2.15. The van der Waals surface area contributed by atoms with Gasteiger partial charge in [0, 0.05) is 31.3 Å². The molecule has 0 atom stereocenters. The van der Waals surface area contributed by atoms with Crippen LogP contribution in [0, 0.1) is 0 Å². The van der Waals surface area contributed by atoms with Crippen LogP contribution in [-0.4, -0.2) is 31.3 Å². The number of carbonyl (C=O) groups excluding carboxylic acids is 1. The van der Waals surface area contributed by atoms with E-state index in [1.165, 1.54) is 11.8 Å². The van der Waals surface area contributed by atoms with Gasteiger partial charge in [0.25, 0.3) is 0 Å². The van der Waals surface area contributed by atoms with Crippen LogP contribution in [0.25, 0.3) is 0 Å². The number of thioether (sulfide) groups is 1. The van der Waals surface area contributed by atoms with E-state index in [0.29, 0.717) is 12.2 Å². The average Bonchev–Trinajstić information content (AvgIpc) is 2.91. The van der Waals surface area contributed by atoms with Crippen LogP contribution in [0.1, 0.15) is 19.0 Å². The van der Waals surface area contributed by atoms with E-state index in [9.17, 15) is 4.79 Å². The van der Waals surface area contributed by atoms with Gasteiger partial charge in [-0.1, -0.05) is 24.8 Å². The minimum atomic E-state index is 0.226. The molecule has 0 aliphatic heterocycles. The van der Waals surface area contributed by atoms with Gasteiger partial charge in [-0.05, 0) is 12.1 Å². The van der Waals surface area contributed by atoms with Crippen molar-refractivity contribution in [3.63, 3.8) is 0 Å². The molecule has 19 heavy (non-hydrogen) atoms. The lowest BCUT2D eigenvalue weighted by molar-refractivity contribution is -0.116. The molecular formula is C13H16N4OS. The zero-order valence-electron chi connectivity index (χ0n) is 10.8. The Labute approximate surface area is 116 Å². The van der Waals surface area contributed by atoms with Crippen molar-refractivity contribution in [3.05, 3.63) is 36.4 Å². The number of carbonyl (C=O) groups is 1. The molecule has 0 fully saturated rings. The molecule has 2 aromatic rings. The highest BCUT2D eigenvalue weighted by atomic mass is 32.2. The Morgan fingerprint density at radius 2 is 2.32 bits per heavy atom. The summed E-state index contributed by atoms with van der Waals surface area (Å²) in [6, 6.07) is 5.88. The predicted octanol–water partition coefficient (Wildman–Crippen LogP) is 1.99. The van der Waals surface area contributed by atoms with E-state index in [-0.39, 0.29) is 5.78 Å². The monoisotopic (exact) mass is 276 g/mol. The summed E-state index contributed by atoms with van der Waals surface area (Å²) in [7, 11) is 0. The van der Waals surface area contributed by atoms with Crippen molar-refractivity contribution in [1.29, 1.82) is 0 Å². The van der Waals surface area contributed by atoms with Gasteiger partial charge in [-0.15, -0.1) is 10.2 Å². The Morgan fingerprint density at radius 1 is 1.42 bits per heavy atom. The van der Waals surface area contributed by atoms with E-state index in [1.807, 2.05) is 29.7 Å². The van der Waals surface area contributed by atoms with Crippen LogP contribution in [-0.2, 0) is 17.8 Å². The van der Waals surface area contributed by atoms with Gasteiger partial charge in [-0.3, -0.25) is 9.78 Å². The smallest absolute Gasteiger partial charge is 0.191 e. The Bertz CT molecular complexity index is 526. The summed E-state index contributed by atoms with van der Waals surface area (Å²) in [6.45, 7) is 2.64. The molecule has 5 nitrogen and oxygen atoms in total. The third-order valence-electron chi connectivity index (χ3n) is 2.67. The second kappa shape index (κ2) is 7.04. The highest BCUT2D eigenvalue weighted by Gasteiger charge is 2.07. The average molecular weight is 276 g/mol. The lowest BCUT2D eigenvalue weighted by Gasteiger charge is -2.05. The number of ketones is 1. The van der Waals surface area contributed by atoms with Crippen molar-refractivity contribution in [1.82, 2.24) is 19.7 Å². The number of aryl methyl sites for hydroxylation is 2. The lowest BCUT2D eigenvalue weighted by Crippen LogP contribution is -2.05. The molecule has 0 unspecified atom stereocenters. The molecular weight excluding hydrogens is 260 g/mol. The molecule has 2 rings (SSSR count). The van der Waals surface area contributed by atoms with Crippen LogP contribution in [0.5, 0.6) is 0 Å². The van der Waals surface area contributed by atoms with E-state index in [4.69, 9.17) is 0 Å². The van der Waals surface area contributed by atoms with Crippen molar-refractivity contribution in [2.45, 2.75) is 31.5 Å². The van der Waals surface area contributed by atoms with Gasteiger partial charge in [0.1, 0.15) is 12.1 Å². The van der Waals surface area contributed by atoms with Gasteiger partial charge in [0.15, 0.2) is 5.16 Å². The maximum atomic E-state index is 11.3. The minimum Gasteiger partial charge on any atom is -0.308 e. The normalized spacial score (nSPS) is 10.6. The minimum absolute atomic E-state index is 0.226. The zero-order chi connectivity index (χ0) is 13.5. The summed E-state index contributed by atoms with van der Waals surface area (Å²) in [5.74, 6) is 0.683. The van der Waals surface area contributed by atoms with Crippen LogP contribution in [0.15, 0.2) is 35.9 Å². The SMILES string of the molecule is CCC(=O)CSc1nncn1CCc1ccccn1. The fourth-order valence-corrected chi connectivity index (χ4v) is 2.44. The number of aromatic nitrogens is 4. The number of pyridine rings is 1. The Morgan fingerprint density at radius 3 is 3.05 bits per heavy atom. The van der Waals surface area contributed by atoms with Gasteiger partial charge < -0.3 is 4.57 Å². The number of Topliss-reactive ketones (excluding diaryl/α,β-unsaturated/α-hetero) is 1. The quantitative estimate of drug-likeness (QED) is 0.724. The molecule has 6 heteroatoms. The number of hydrogen-bond acceptors (Lipinski definition) is 5. The van der Waals surface area contributed by atoms with E-state index in [2.05, 4.69) is 15.2 Å². The van der Waals surface area contributed by atoms with Gasteiger partial charge in [0.05, 0.1) is 5.75 Å². The molecule has 0 aliphatic rings. The number of nitrogens with zero attached hydrogens (tertiary/aromatic N) is 4. The van der Waals surface area contributed by atoms with Gasteiger partial charge in [-0.2, -0.15) is 0 Å². The van der Waals surface area contributed by atoms with Crippen LogP contribution < -0.4 is 0 Å². The highest BCUT2D eigenvalue weighted by molar-refractivity contribution is 7.99. The largest absolute Gasteiger partial charge is 0.308 e. The number of hydrogen-bond donors (Lipinski definition) is 0. The molecule has 0 amide bonds. The molecule has 2 aromatic heterocycles. The van der Waals surface area contributed by atoms with Crippen LogP contribution in [0.3, 0.4) is 0 Å². The maximum absolute atomic E-state index is 11.3. The van der Waals surface area contributed by atoms with Gasteiger partial charge in [-0.25, -0.2) is 0 Å². The van der Waals surface area contributed by atoms with Crippen LogP contribution in [0.2, 0.25) is 0 Å². The summed E-state index contributed by atoms with van der Waals surface area (Å²) in [6.07, 6.45) is 4.88. The van der Waals surface area contributed by atoms with Crippen molar-refractivity contribution >= 4 is 17.5 Å². The third-order valence-corrected chi connectivity index (χ3v) is 3.71. The first-order chi connectivity index (χ1) is 9.29. The van der Waals surface area contributed by atoms with Crippen molar-refractivity contribution in [2.24, 2.45) is 0 Å². The zero-order valence-corrected chi connectivity index (χ0v) is 11.6. The van der Waals surface area contributed by atoms with E-state index >= 15 is 0 Å². The topological polar surface area (TPSA) is 60.7 Å². The first-order valence-electron chi connectivity index (χ1n) is 6.22. The Balaban J connectivity index is 1.90. The van der Waals surface area contributed by atoms with E-state index < -0.39 is 0 Å². The lowest BCUT2D eigenvalue weighted by atomic mass is 10.3. The molecule has 0 spiro atoms. The van der Waals surface area contributed by atoms with E-state index in [0.717, 1.165) is 23.8 Å². The summed E-state index contributed by atoms with van der Waals surface area (Å²) >= 11 is 1.44. The molecule has 0 saturated heterocycles. The van der Waals surface area contributed by atoms with Crippen LogP contribution >= 0.6 is 11.8 Å². The molecule has 100 valence electrons. The first kappa shape index (κ1) is 13.7. The third kappa shape index (κ3) is 4.17. The molecule has 0 N–H and O–H groups in total. The summed E-state index contributed by atoms with van der Waals surface area (Å²) in [5.41, 5.74) is 1.04. The molecule has 2 heterocycles. The standard InChI is InChI=1S/C13H16N4OS/c1-2-12(18)9-19-13-16-15-10-17(13)8-6-11-5-3-4-7-14-11/h3-5,7,10H,2,6,8-9H2,1H3. The summed E-state index contributed by atoms with van der Waals surface area (Å²) < 4.78 is 1.96. The molecule has 0 radical (unpaired) electrons. The van der Waals surface area contributed by atoms with Crippen molar-refractivity contribution in [2.75, 3.05) is 5.75 Å². The van der Waals surface area contributed by atoms with Crippen molar-refractivity contribution < 1.29 is 4.79 Å².